The Labute approximate surface area is 176 Å². The van der Waals surface area contributed by atoms with Crippen molar-refractivity contribution in [3.8, 4) is 0 Å². The molecule has 1 atom stereocenters. The molecule has 0 fully saturated rings. The number of aliphatic imine (C=N–C) groups is 1. The average Bonchev–Trinajstić information content (AvgIpc) is 3.13. The molecule has 28 heavy (non-hydrogen) atoms. The van der Waals surface area contributed by atoms with Crippen molar-refractivity contribution in [2.24, 2.45) is 4.99 Å². The zero-order valence-corrected chi connectivity index (χ0v) is 18.6. The Bertz CT molecular complexity index is 916. The third-order valence-corrected chi connectivity index (χ3v) is 5.72. The Kier molecular flexibility index (Phi) is 7.81. The first-order valence-electron chi connectivity index (χ1n) is 10.3. The van der Waals surface area contributed by atoms with Crippen LogP contribution in [0.4, 0.5) is 0 Å². The van der Waals surface area contributed by atoms with Gasteiger partial charge in [-0.05, 0) is 0 Å². The molecule has 0 bridgehead atoms. The van der Waals surface area contributed by atoms with Gasteiger partial charge in [0.25, 0.3) is 0 Å². The third kappa shape index (κ3) is 5.52. The second kappa shape index (κ2) is 10.5. The number of aryl methyl sites for hydroxylation is 1. The van der Waals surface area contributed by atoms with Crippen molar-refractivity contribution in [1.29, 1.82) is 0 Å². The molecule has 147 valence electrons. The summed E-state index contributed by atoms with van der Waals surface area (Å²) in [5.41, 5.74) is 4.32. The van der Waals surface area contributed by atoms with E-state index in [0.717, 1.165) is 34.0 Å². The summed E-state index contributed by atoms with van der Waals surface area (Å²) in [6.07, 6.45) is 8.55. The number of benzene rings is 2. The number of nitrogens with zero attached hydrogens (tertiary/aromatic N) is 4. The summed E-state index contributed by atoms with van der Waals surface area (Å²) in [6.45, 7) is 4.36. The molecule has 0 spiro atoms. The van der Waals surface area contributed by atoms with Gasteiger partial charge in [-0.15, -0.1) is 0 Å². The monoisotopic (exact) mass is 441 g/mol. The fourth-order valence-electron chi connectivity index (χ4n) is 3.44. The molecule has 0 saturated carbocycles. The van der Waals surface area contributed by atoms with Crippen LogP contribution in [0.3, 0.4) is 0 Å². The molecule has 1 unspecified atom stereocenters. The molecule has 1 heterocycles. The van der Waals surface area contributed by atoms with E-state index < -0.39 is 0 Å². The maximum atomic E-state index is 5.04. The van der Waals surface area contributed by atoms with E-state index in [2.05, 4.69) is 70.5 Å². The first-order chi connectivity index (χ1) is 13.7. The van der Waals surface area contributed by atoms with E-state index >= 15 is 0 Å². The standard InChI is InChI=1S/C23H29N4Se/c1-3-4-5-6-7-8-16-22(24-23(28)19-13-11-12-18(2)17-19)27-21-15-10-9-14-20(21)25-26-27/h9-15,17,22H,3-8,16H2,1-2H3/b24-23-. The predicted octanol–water partition coefficient (Wildman–Crippen LogP) is 5.60. The minimum atomic E-state index is -0.0460. The summed E-state index contributed by atoms with van der Waals surface area (Å²) in [5, 5.41) is 8.77. The molecule has 2 aromatic carbocycles. The molecule has 1 aromatic heterocycles. The Morgan fingerprint density at radius 3 is 2.64 bits per heavy atom. The van der Waals surface area contributed by atoms with Gasteiger partial charge in [0.05, 0.1) is 0 Å². The average molecular weight is 440 g/mol. The van der Waals surface area contributed by atoms with Gasteiger partial charge in [-0.2, -0.15) is 0 Å². The molecule has 0 aliphatic carbocycles. The molecule has 0 aliphatic heterocycles. The van der Waals surface area contributed by atoms with E-state index in [1.165, 1.54) is 37.7 Å². The second-order valence-electron chi connectivity index (χ2n) is 7.36. The Morgan fingerprint density at radius 2 is 1.82 bits per heavy atom. The van der Waals surface area contributed by atoms with Crippen LogP contribution in [0, 0.1) is 6.92 Å². The molecule has 0 N–H and O–H groups in total. The van der Waals surface area contributed by atoms with Crippen LogP contribution in [0.25, 0.3) is 11.0 Å². The van der Waals surface area contributed by atoms with Crippen molar-refractivity contribution < 1.29 is 0 Å². The number of hydrogen-bond acceptors (Lipinski definition) is 3. The quantitative estimate of drug-likeness (QED) is 0.234. The predicted molar refractivity (Wildman–Crippen MR) is 118 cm³/mol. The number of hydrogen-bond donors (Lipinski definition) is 0. The van der Waals surface area contributed by atoms with Gasteiger partial charge in [-0.3, -0.25) is 0 Å². The summed E-state index contributed by atoms with van der Waals surface area (Å²) in [4.78, 5) is 5.04. The van der Waals surface area contributed by atoms with Gasteiger partial charge in [-0.1, -0.05) is 0 Å². The van der Waals surface area contributed by atoms with Gasteiger partial charge < -0.3 is 0 Å². The first kappa shape index (κ1) is 20.8. The van der Waals surface area contributed by atoms with Crippen LogP contribution in [0.1, 0.15) is 69.2 Å². The van der Waals surface area contributed by atoms with Gasteiger partial charge in [0.15, 0.2) is 0 Å². The van der Waals surface area contributed by atoms with Crippen molar-refractivity contribution in [2.45, 2.75) is 65.0 Å². The van der Waals surface area contributed by atoms with Gasteiger partial charge in [0, 0.05) is 0 Å². The molecule has 1 radical (unpaired) electrons. The van der Waals surface area contributed by atoms with Crippen molar-refractivity contribution in [2.75, 3.05) is 0 Å². The summed E-state index contributed by atoms with van der Waals surface area (Å²) >= 11 is 3.17. The van der Waals surface area contributed by atoms with E-state index in [0.29, 0.717) is 0 Å². The van der Waals surface area contributed by atoms with Crippen molar-refractivity contribution in [3.63, 3.8) is 0 Å². The van der Waals surface area contributed by atoms with Crippen LogP contribution in [0.5, 0.6) is 0 Å². The fraction of sp³-hybridized carbons (Fsp3) is 0.435. The molecule has 3 aromatic rings. The van der Waals surface area contributed by atoms with Gasteiger partial charge in [0.1, 0.15) is 0 Å². The van der Waals surface area contributed by atoms with E-state index in [4.69, 9.17) is 4.99 Å². The molecule has 0 saturated heterocycles. The van der Waals surface area contributed by atoms with E-state index in [-0.39, 0.29) is 6.17 Å². The number of aromatic nitrogens is 3. The number of para-hydroxylation sites is 1. The zero-order valence-electron chi connectivity index (χ0n) is 16.8. The maximum absolute atomic E-state index is 5.04. The Balaban J connectivity index is 1.81. The van der Waals surface area contributed by atoms with Crippen LogP contribution in [-0.2, 0) is 0 Å². The molecule has 0 aliphatic rings. The normalized spacial score (nSPS) is 13.1. The molecule has 0 amide bonds. The fourth-order valence-corrected chi connectivity index (χ4v) is 3.97. The molecule has 5 heteroatoms. The molecule has 3 rings (SSSR count). The van der Waals surface area contributed by atoms with Crippen molar-refractivity contribution in [1.82, 2.24) is 15.0 Å². The third-order valence-electron chi connectivity index (χ3n) is 5.01. The van der Waals surface area contributed by atoms with Crippen molar-refractivity contribution in [3.05, 3.63) is 59.7 Å². The molecule has 4 nitrogen and oxygen atoms in total. The SMILES string of the molecule is CCCCCCCCC(/N=C(\[Se])c1cccc(C)c1)n1nnc2ccccc21. The van der Waals surface area contributed by atoms with Crippen LogP contribution < -0.4 is 0 Å². The van der Waals surface area contributed by atoms with Crippen molar-refractivity contribution >= 4 is 31.7 Å². The number of unbranched alkanes of at least 4 members (excludes halogenated alkanes) is 5. The number of rotatable bonds is 10. The van der Waals surface area contributed by atoms with Crippen LogP contribution >= 0.6 is 0 Å². The summed E-state index contributed by atoms with van der Waals surface area (Å²) in [5.74, 6) is 0. The van der Waals surface area contributed by atoms with Gasteiger partial charge >= 0.3 is 176 Å². The van der Waals surface area contributed by atoms with E-state index in [1.54, 1.807) is 0 Å². The molecular formula is C23H29N4Se. The summed E-state index contributed by atoms with van der Waals surface area (Å²) < 4.78 is 2.91. The van der Waals surface area contributed by atoms with E-state index in [9.17, 15) is 0 Å². The second-order valence-corrected chi connectivity index (χ2v) is 8.17. The van der Waals surface area contributed by atoms with Gasteiger partial charge in [0.2, 0.25) is 0 Å². The zero-order chi connectivity index (χ0) is 19.8. The van der Waals surface area contributed by atoms with Gasteiger partial charge in [-0.25, -0.2) is 0 Å². The molecular weight excluding hydrogens is 411 g/mol. The minimum absolute atomic E-state index is 0.0460. The van der Waals surface area contributed by atoms with E-state index in [1.807, 2.05) is 22.9 Å². The van der Waals surface area contributed by atoms with Crippen LogP contribution in [-0.4, -0.2) is 35.6 Å². The first-order valence-corrected chi connectivity index (χ1v) is 11.2. The van der Waals surface area contributed by atoms with Crippen LogP contribution in [0.15, 0.2) is 53.5 Å². The summed E-state index contributed by atoms with van der Waals surface area (Å²) in [7, 11) is 0. The topological polar surface area (TPSA) is 43.1 Å². The Hall–Kier alpha value is -1.97. The van der Waals surface area contributed by atoms with Crippen LogP contribution in [0.2, 0.25) is 0 Å². The number of fused-ring (bicyclic) bond motifs is 1. The summed E-state index contributed by atoms with van der Waals surface area (Å²) in [6, 6.07) is 16.6. The Morgan fingerprint density at radius 1 is 1.04 bits per heavy atom.